The number of carbonyl (C=O) groups excluding carboxylic acids is 1. The summed E-state index contributed by atoms with van der Waals surface area (Å²) < 4.78 is 43.0. The highest BCUT2D eigenvalue weighted by Crippen LogP contribution is 2.43. The fraction of sp³-hybridized carbons (Fsp3) is 0.409. The Kier molecular flexibility index (Phi) is 5.52. The van der Waals surface area contributed by atoms with Gasteiger partial charge in [-0.25, -0.2) is 0 Å². The van der Waals surface area contributed by atoms with Crippen LogP contribution in [-0.2, 0) is 17.6 Å². The normalized spacial score (nSPS) is 17.9. The standard InChI is InChI=1S/C22H24F3NO3/c1-13-12-21(2,3)29-19-10-15(18(27)11-17(13)19)7-4-14-5-8-16(9-6-14)26-20(28)22(23,24)25/h5-6,8-11,13,27H,4,7,12H2,1-3H3,(H,26,28). The number of anilines is 1. The Labute approximate surface area is 167 Å². The van der Waals surface area contributed by atoms with Gasteiger partial charge in [-0.3, -0.25) is 4.79 Å². The fourth-order valence-electron chi connectivity index (χ4n) is 3.72. The van der Waals surface area contributed by atoms with Crippen LogP contribution in [-0.4, -0.2) is 22.8 Å². The number of phenolic OH excluding ortho intramolecular Hbond substituents is 1. The maximum absolute atomic E-state index is 12.3. The molecule has 1 unspecified atom stereocenters. The molecule has 1 heterocycles. The number of nitrogens with one attached hydrogen (secondary N) is 1. The largest absolute Gasteiger partial charge is 0.508 e. The number of carbonyl (C=O) groups is 1. The lowest BCUT2D eigenvalue weighted by molar-refractivity contribution is -0.167. The number of rotatable bonds is 4. The molecule has 0 bridgehead atoms. The number of aromatic hydroxyl groups is 1. The van der Waals surface area contributed by atoms with Crippen molar-refractivity contribution in [1.29, 1.82) is 0 Å². The predicted molar refractivity (Wildman–Crippen MR) is 104 cm³/mol. The van der Waals surface area contributed by atoms with Crippen LogP contribution in [0.3, 0.4) is 0 Å². The monoisotopic (exact) mass is 407 g/mol. The van der Waals surface area contributed by atoms with Crippen LogP contribution in [0.2, 0.25) is 0 Å². The molecule has 0 radical (unpaired) electrons. The number of halogens is 3. The van der Waals surface area contributed by atoms with E-state index in [4.69, 9.17) is 4.74 Å². The SMILES string of the molecule is CC1CC(C)(C)Oc2cc(CCc3ccc(NC(=O)C(F)(F)F)cc3)c(O)cc21. The molecular formula is C22H24F3NO3. The zero-order chi connectivity index (χ0) is 21.4. The van der Waals surface area contributed by atoms with Crippen LogP contribution in [0.5, 0.6) is 11.5 Å². The summed E-state index contributed by atoms with van der Waals surface area (Å²) >= 11 is 0. The number of amides is 1. The lowest BCUT2D eigenvalue weighted by atomic mass is 9.84. The molecule has 0 saturated heterocycles. The van der Waals surface area contributed by atoms with Gasteiger partial charge in [0.25, 0.3) is 0 Å². The molecule has 2 N–H and O–H groups in total. The smallest absolute Gasteiger partial charge is 0.471 e. The van der Waals surface area contributed by atoms with Gasteiger partial charge in [0, 0.05) is 11.3 Å². The molecule has 0 aromatic heterocycles. The molecule has 29 heavy (non-hydrogen) atoms. The van der Waals surface area contributed by atoms with Gasteiger partial charge in [-0.05, 0) is 74.4 Å². The van der Waals surface area contributed by atoms with E-state index in [9.17, 15) is 23.1 Å². The van der Waals surface area contributed by atoms with Crippen molar-refractivity contribution in [3.63, 3.8) is 0 Å². The molecular weight excluding hydrogens is 383 g/mol. The van der Waals surface area contributed by atoms with Crippen molar-refractivity contribution < 1.29 is 27.8 Å². The van der Waals surface area contributed by atoms with E-state index in [2.05, 4.69) is 6.92 Å². The minimum Gasteiger partial charge on any atom is -0.508 e. The molecule has 2 aromatic rings. The number of hydrogen-bond donors (Lipinski definition) is 2. The number of ether oxygens (including phenoxy) is 1. The van der Waals surface area contributed by atoms with Gasteiger partial charge >= 0.3 is 12.1 Å². The highest BCUT2D eigenvalue weighted by molar-refractivity contribution is 5.94. The summed E-state index contributed by atoms with van der Waals surface area (Å²) in [6.45, 7) is 6.19. The average Bonchev–Trinajstić information content (AvgIpc) is 2.60. The van der Waals surface area contributed by atoms with Crippen LogP contribution < -0.4 is 10.1 Å². The van der Waals surface area contributed by atoms with E-state index in [0.717, 1.165) is 28.9 Å². The summed E-state index contributed by atoms with van der Waals surface area (Å²) in [5.41, 5.74) is 2.44. The van der Waals surface area contributed by atoms with E-state index < -0.39 is 12.1 Å². The van der Waals surface area contributed by atoms with Gasteiger partial charge in [0.1, 0.15) is 17.1 Å². The minimum atomic E-state index is -4.92. The molecule has 156 valence electrons. The van der Waals surface area contributed by atoms with E-state index in [1.165, 1.54) is 12.1 Å². The summed E-state index contributed by atoms with van der Waals surface area (Å²) in [5.74, 6) is -0.714. The van der Waals surface area contributed by atoms with Crippen LogP contribution in [0.25, 0.3) is 0 Å². The number of phenols is 1. The highest BCUT2D eigenvalue weighted by atomic mass is 19.4. The van der Waals surface area contributed by atoms with Crippen molar-refractivity contribution >= 4 is 11.6 Å². The first kappa shape index (κ1) is 21.0. The summed E-state index contributed by atoms with van der Waals surface area (Å²) in [4.78, 5) is 11.0. The van der Waals surface area contributed by atoms with Crippen LogP contribution in [0.15, 0.2) is 36.4 Å². The van der Waals surface area contributed by atoms with Gasteiger partial charge in [0.05, 0.1) is 0 Å². The Morgan fingerprint density at radius 3 is 2.48 bits per heavy atom. The molecule has 0 aliphatic carbocycles. The lowest BCUT2D eigenvalue weighted by Gasteiger charge is -2.36. The second-order valence-electron chi connectivity index (χ2n) is 8.13. The van der Waals surface area contributed by atoms with Crippen molar-refractivity contribution in [3.05, 3.63) is 53.1 Å². The molecule has 1 atom stereocenters. The predicted octanol–water partition coefficient (Wildman–Crippen LogP) is 5.34. The van der Waals surface area contributed by atoms with E-state index in [1.807, 2.05) is 25.2 Å². The molecule has 1 amide bonds. The number of benzene rings is 2. The summed E-state index contributed by atoms with van der Waals surface area (Å²) in [5, 5.41) is 12.2. The first-order chi connectivity index (χ1) is 13.4. The molecule has 3 rings (SSSR count). The fourth-order valence-corrected chi connectivity index (χ4v) is 3.72. The first-order valence-corrected chi connectivity index (χ1v) is 9.46. The van der Waals surface area contributed by atoms with E-state index >= 15 is 0 Å². The molecule has 7 heteroatoms. The Morgan fingerprint density at radius 1 is 1.21 bits per heavy atom. The Hall–Kier alpha value is -2.70. The Morgan fingerprint density at radius 2 is 1.86 bits per heavy atom. The Balaban J connectivity index is 1.68. The minimum absolute atomic E-state index is 0.0809. The van der Waals surface area contributed by atoms with Crippen LogP contribution in [0.1, 0.15) is 49.8 Å². The van der Waals surface area contributed by atoms with Crippen molar-refractivity contribution in [1.82, 2.24) is 0 Å². The van der Waals surface area contributed by atoms with Crippen LogP contribution in [0.4, 0.5) is 18.9 Å². The van der Waals surface area contributed by atoms with Gasteiger partial charge in [-0.2, -0.15) is 13.2 Å². The first-order valence-electron chi connectivity index (χ1n) is 9.46. The third-order valence-electron chi connectivity index (χ3n) is 5.08. The molecule has 2 aromatic carbocycles. The van der Waals surface area contributed by atoms with Gasteiger partial charge in [-0.1, -0.05) is 19.1 Å². The van der Waals surface area contributed by atoms with E-state index in [1.54, 1.807) is 18.2 Å². The third-order valence-corrected chi connectivity index (χ3v) is 5.08. The van der Waals surface area contributed by atoms with Gasteiger partial charge in [-0.15, -0.1) is 0 Å². The van der Waals surface area contributed by atoms with Crippen LogP contribution in [0, 0.1) is 0 Å². The summed E-state index contributed by atoms with van der Waals surface area (Å²) in [6, 6.07) is 9.81. The second kappa shape index (κ2) is 7.61. The van der Waals surface area contributed by atoms with Crippen LogP contribution >= 0.6 is 0 Å². The van der Waals surface area contributed by atoms with Gasteiger partial charge < -0.3 is 15.2 Å². The van der Waals surface area contributed by atoms with E-state index in [0.29, 0.717) is 12.8 Å². The molecule has 0 saturated carbocycles. The summed E-state index contributed by atoms with van der Waals surface area (Å²) in [6.07, 6.45) is -2.92. The van der Waals surface area contributed by atoms with Crippen molar-refractivity contribution in [2.45, 2.75) is 57.7 Å². The highest BCUT2D eigenvalue weighted by Gasteiger charge is 2.38. The average molecular weight is 407 g/mol. The second-order valence-corrected chi connectivity index (χ2v) is 8.13. The van der Waals surface area contributed by atoms with E-state index in [-0.39, 0.29) is 23.0 Å². The topological polar surface area (TPSA) is 58.6 Å². The maximum Gasteiger partial charge on any atom is 0.471 e. The van der Waals surface area contributed by atoms with Crippen molar-refractivity contribution in [2.24, 2.45) is 0 Å². The van der Waals surface area contributed by atoms with Gasteiger partial charge in [0.15, 0.2) is 0 Å². The zero-order valence-electron chi connectivity index (χ0n) is 16.6. The molecule has 4 nitrogen and oxygen atoms in total. The molecule has 1 aliphatic rings. The zero-order valence-corrected chi connectivity index (χ0v) is 16.6. The molecule has 1 aliphatic heterocycles. The third kappa shape index (κ3) is 5.02. The maximum atomic E-state index is 12.3. The molecule has 0 spiro atoms. The number of hydrogen-bond acceptors (Lipinski definition) is 3. The molecule has 0 fully saturated rings. The van der Waals surface area contributed by atoms with Crippen molar-refractivity contribution in [3.8, 4) is 11.5 Å². The number of aryl methyl sites for hydroxylation is 2. The number of alkyl halides is 3. The number of fused-ring (bicyclic) bond motifs is 1. The quantitative estimate of drug-likeness (QED) is 0.719. The lowest BCUT2D eigenvalue weighted by Crippen LogP contribution is -2.34. The summed E-state index contributed by atoms with van der Waals surface area (Å²) in [7, 11) is 0. The van der Waals surface area contributed by atoms with Gasteiger partial charge in [0.2, 0.25) is 0 Å². The van der Waals surface area contributed by atoms with Crippen molar-refractivity contribution in [2.75, 3.05) is 5.32 Å². The Bertz CT molecular complexity index is 905.